The van der Waals surface area contributed by atoms with Gasteiger partial charge in [-0.1, -0.05) is 25.5 Å². The second-order valence-corrected chi connectivity index (χ2v) is 4.28. The van der Waals surface area contributed by atoms with Gasteiger partial charge in [-0.3, -0.25) is 9.69 Å². The third kappa shape index (κ3) is 2.43. The first kappa shape index (κ1) is 13.9. The Hall–Kier alpha value is -1.12. The molecule has 0 aromatic heterocycles. The van der Waals surface area contributed by atoms with Gasteiger partial charge >= 0.3 is 0 Å². The lowest BCUT2D eigenvalue weighted by molar-refractivity contribution is -0.764. The third-order valence-corrected chi connectivity index (χ3v) is 3.30. The van der Waals surface area contributed by atoms with Gasteiger partial charge in [0.25, 0.3) is 0 Å². The lowest BCUT2D eigenvalue weighted by Gasteiger charge is -2.10. The molecule has 1 aromatic carbocycles. The van der Waals surface area contributed by atoms with Crippen LogP contribution in [0.2, 0.25) is 0 Å². The Morgan fingerprint density at radius 1 is 1.29 bits per heavy atom. The number of carbonyl (C=O) groups excluding carboxylic acids is 1. The molecule has 0 aliphatic carbocycles. The van der Waals surface area contributed by atoms with Crippen LogP contribution < -0.4 is 17.3 Å². The number of nitrogens with one attached hydrogen (secondary N) is 1. The zero-order valence-corrected chi connectivity index (χ0v) is 11.1. The highest BCUT2D eigenvalue weighted by molar-refractivity contribution is 6.10. The predicted molar refractivity (Wildman–Crippen MR) is 65.5 cm³/mol. The molecule has 2 rings (SSSR count). The van der Waals surface area contributed by atoms with E-state index in [0.29, 0.717) is 0 Å². The Balaban J connectivity index is 0.00000144. The average molecular weight is 252 g/mol. The van der Waals surface area contributed by atoms with Crippen LogP contribution in [0.1, 0.15) is 31.7 Å². The maximum absolute atomic E-state index is 11.2. The van der Waals surface area contributed by atoms with Crippen LogP contribution in [0.15, 0.2) is 30.0 Å². The lowest BCUT2D eigenvalue weighted by Crippen LogP contribution is -3.01. The van der Waals surface area contributed by atoms with Crippen LogP contribution in [0.25, 0.3) is 5.57 Å². The van der Waals surface area contributed by atoms with E-state index in [4.69, 9.17) is 0 Å². The van der Waals surface area contributed by atoms with Crippen LogP contribution in [0, 0.1) is 0 Å². The summed E-state index contributed by atoms with van der Waals surface area (Å²) in [6.07, 6.45) is 4.35. The van der Waals surface area contributed by atoms with Gasteiger partial charge in [0.05, 0.1) is 18.2 Å². The van der Waals surface area contributed by atoms with Crippen molar-refractivity contribution in [1.29, 1.82) is 0 Å². The van der Waals surface area contributed by atoms with Crippen molar-refractivity contribution in [3.63, 3.8) is 0 Å². The van der Waals surface area contributed by atoms with E-state index in [1.165, 1.54) is 22.7 Å². The fourth-order valence-electron chi connectivity index (χ4n) is 2.38. The zero-order valence-electron chi connectivity index (χ0n) is 10.3. The Labute approximate surface area is 109 Å². The van der Waals surface area contributed by atoms with Gasteiger partial charge in [-0.05, 0) is 12.5 Å². The van der Waals surface area contributed by atoms with E-state index in [0.717, 1.165) is 30.3 Å². The van der Waals surface area contributed by atoms with E-state index in [2.05, 4.69) is 20.0 Å². The summed E-state index contributed by atoms with van der Waals surface area (Å²) in [4.78, 5) is 12.5. The number of allylic oxidation sites excluding steroid dienone is 2. The van der Waals surface area contributed by atoms with Crippen LogP contribution in [-0.4, -0.2) is 13.3 Å². The molecule has 1 atom stereocenters. The van der Waals surface area contributed by atoms with Crippen molar-refractivity contribution in [2.24, 2.45) is 0 Å². The maximum atomic E-state index is 11.2. The van der Waals surface area contributed by atoms with Gasteiger partial charge in [0, 0.05) is 12.5 Å². The molecule has 0 spiro atoms. The molecule has 0 saturated carbocycles. The molecular weight excluding hydrogens is 234 g/mol. The molecule has 3 heteroatoms. The van der Waals surface area contributed by atoms with Crippen molar-refractivity contribution < 1.29 is 22.1 Å². The zero-order chi connectivity index (χ0) is 11.5. The summed E-state index contributed by atoms with van der Waals surface area (Å²) < 4.78 is 0. The third-order valence-electron chi connectivity index (χ3n) is 3.30. The summed E-state index contributed by atoms with van der Waals surface area (Å²) in [5.74, 6) is 0. The molecule has 0 radical (unpaired) electrons. The largest absolute Gasteiger partial charge is 1.00 e. The number of hydrogen-bond acceptors (Lipinski definition) is 1. The number of aldehydes is 1. The Morgan fingerprint density at radius 3 is 2.65 bits per heavy atom. The highest BCUT2D eigenvalue weighted by Gasteiger charge is 2.30. The topological polar surface area (TPSA) is 21.5 Å². The van der Waals surface area contributed by atoms with Crippen molar-refractivity contribution in [2.75, 3.05) is 7.05 Å². The van der Waals surface area contributed by atoms with E-state index in [1.807, 2.05) is 18.2 Å². The molecule has 17 heavy (non-hydrogen) atoms. The molecule has 92 valence electrons. The number of fused-ring (bicyclic) bond motifs is 1. The van der Waals surface area contributed by atoms with Crippen LogP contribution in [0.5, 0.6) is 0 Å². The molecule has 1 aromatic rings. The van der Waals surface area contributed by atoms with E-state index in [-0.39, 0.29) is 12.4 Å². The maximum Gasteiger partial charge on any atom is 0.156 e. The quantitative estimate of drug-likeness (QED) is 0.678. The summed E-state index contributed by atoms with van der Waals surface area (Å²) >= 11 is 0. The highest BCUT2D eigenvalue weighted by Crippen LogP contribution is 2.28. The highest BCUT2D eigenvalue weighted by atomic mass is 35.5. The number of halogens is 1. The van der Waals surface area contributed by atoms with E-state index in [9.17, 15) is 4.79 Å². The number of benzene rings is 1. The monoisotopic (exact) mass is 251 g/mol. The second-order valence-electron chi connectivity index (χ2n) is 4.28. The van der Waals surface area contributed by atoms with Gasteiger partial charge in [0.2, 0.25) is 0 Å². The fraction of sp³-hybridized carbons (Fsp3) is 0.357. The van der Waals surface area contributed by atoms with Gasteiger partial charge in [-0.2, -0.15) is 0 Å². The van der Waals surface area contributed by atoms with Gasteiger partial charge < -0.3 is 12.4 Å². The molecule has 0 saturated heterocycles. The minimum absolute atomic E-state index is 0. The predicted octanol–water partition coefficient (Wildman–Crippen LogP) is -1.05. The number of para-hydroxylation sites is 1. The number of rotatable bonds is 4. The number of unbranched alkanes of at least 4 members (excludes halogenated alkanes) is 1. The van der Waals surface area contributed by atoms with Crippen molar-refractivity contribution >= 4 is 17.5 Å². The fourth-order valence-corrected chi connectivity index (χ4v) is 2.38. The first-order valence-corrected chi connectivity index (χ1v) is 5.91. The average Bonchev–Trinajstić information content (AvgIpc) is 2.60. The molecule has 0 amide bonds. The molecule has 1 N–H and O–H groups in total. The first-order valence-electron chi connectivity index (χ1n) is 5.91. The smallest absolute Gasteiger partial charge is 0.156 e. The Morgan fingerprint density at radius 2 is 2.00 bits per heavy atom. The molecule has 1 unspecified atom stereocenters. The Bertz CT molecular complexity index is 440. The van der Waals surface area contributed by atoms with Gasteiger partial charge in [-0.25, -0.2) is 0 Å². The summed E-state index contributed by atoms with van der Waals surface area (Å²) in [7, 11) is 2.13. The SMILES string of the molecule is CCCCC1=C(C=O)c2ccccc2[NH+]1C.[Cl-]. The molecule has 1 aliphatic heterocycles. The summed E-state index contributed by atoms with van der Waals surface area (Å²) in [5.41, 5.74) is 4.50. The van der Waals surface area contributed by atoms with E-state index < -0.39 is 0 Å². The van der Waals surface area contributed by atoms with E-state index >= 15 is 0 Å². The molecule has 0 fully saturated rings. The summed E-state index contributed by atoms with van der Waals surface area (Å²) in [5, 5.41) is 0. The van der Waals surface area contributed by atoms with Crippen LogP contribution in [-0.2, 0) is 4.79 Å². The molecule has 2 nitrogen and oxygen atoms in total. The van der Waals surface area contributed by atoms with Crippen LogP contribution in [0.4, 0.5) is 5.69 Å². The molecule has 0 bridgehead atoms. The summed E-state index contributed by atoms with van der Waals surface area (Å²) in [6.45, 7) is 2.18. The molecule has 1 aliphatic rings. The number of carbonyl (C=O) groups is 1. The standard InChI is InChI=1S/C14H17NO.ClH/c1-3-4-8-14-12(10-16)11-7-5-6-9-13(11)15(14)2;/h5-7,9-10H,3-4,8H2,1-2H3;1H. The summed E-state index contributed by atoms with van der Waals surface area (Å²) in [6, 6.07) is 8.18. The van der Waals surface area contributed by atoms with Gasteiger partial charge in [0.1, 0.15) is 11.4 Å². The van der Waals surface area contributed by atoms with Crippen molar-refractivity contribution in [3.05, 3.63) is 35.5 Å². The Kier molecular flexibility index (Phi) is 4.91. The normalized spacial score (nSPS) is 17.6. The van der Waals surface area contributed by atoms with Crippen molar-refractivity contribution in [2.45, 2.75) is 26.2 Å². The van der Waals surface area contributed by atoms with Crippen molar-refractivity contribution in [1.82, 2.24) is 0 Å². The minimum Gasteiger partial charge on any atom is -1.00 e. The van der Waals surface area contributed by atoms with Crippen molar-refractivity contribution in [3.8, 4) is 0 Å². The second kappa shape index (κ2) is 5.99. The number of hydrogen-bond donors (Lipinski definition) is 1. The van der Waals surface area contributed by atoms with Crippen LogP contribution in [0.3, 0.4) is 0 Å². The van der Waals surface area contributed by atoms with E-state index in [1.54, 1.807) is 0 Å². The van der Waals surface area contributed by atoms with Gasteiger partial charge in [-0.15, -0.1) is 0 Å². The lowest BCUT2D eigenvalue weighted by atomic mass is 10.1. The minimum atomic E-state index is 0. The molecule has 1 heterocycles. The first-order chi connectivity index (χ1) is 7.79. The number of quaternary nitrogens is 1. The van der Waals surface area contributed by atoms with Gasteiger partial charge in [0.15, 0.2) is 6.29 Å². The van der Waals surface area contributed by atoms with Crippen LogP contribution >= 0.6 is 0 Å². The molecular formula is C14H18ClNO.